The summed E-state index contributed by atoms with van der Waals surface area (Å²) in [5.74, 6) is 1.98. The minimum absolute atomic E-state index is 0.130. The molecule has 7 heteroatoms. The van der Waals surface area contributed by atoms with Crippen LogP contribution in [0.3, 0.4) is 0 Å². The highest BCUT2D eigenvalue weighted by Crippen LogP contribution is 2.37. The van der Waals surface area contributed by atoms with Gasteiger partial charge in [0.2, 0.25) is 0 Å². The minimum atomic E-state index is -0.130. The van der Waals surface area contributed by atoms with E-state index in [1.54, 1.807) is 12.0 Å². The molecule has 1 aliphatic rings. The number of thiocarbonyl (C=S) groups is 1. The van der Waals surface area contributed by atoms with Crippen molar-refractivity contribution in [1.29, 1.82) is 0 Å². The van der Waals surface area contributed by atoms with E-state index in [9.17, 15) is 4.79 Å². The zero-order valence-corrected chi connectivity index (χ0v) is 21.4. The molecule has 1 amide bonds. The Morgan fingerprint density at radius 2 is 1.69 bits per heavy atom. The summed E-state index contributed by atoms with van der Waals surface area (Å²) in [6.45, 7) is 3.19. The Morgan fingerprint density at radius 1 is 0.943 bits per heavy atom. The lowest BCUT2D eigenvalue weighted by molar-refractivity contribution is -0.113. The third-order valence-corrected chi connectivity index (χ3v) is 6.74. The van der Waals surface area contributed by atoms with Crippen LogP contribution < -0.4 is 19.1 Å². The molecule has 0 aromatic heterocycles. The molecule has 0 unspecified atom stereocenters. The number of aryl methyl sites for hydroxylation is 1. The Balaban J connectivity index is 1.34. The van der Waals surface area contributed by atoms with Gasteiger partial charge in [-0.2, -0.15) is 0 Å². The lowest BCUT2D eigenvalue weighted by Gasteiger charge is -2.14. The maximum Gasteiger partial charge on any atom is 0.270 e. The summed E-state index contributed by atoms with van der Waals surface area (Å²) in [4.78, 5) is 15.1. The SMILES string of the molecule is CCc1ccc(OCCCOc2ccc(/C=C3/SC(=S)N(c4ccccc4)C3=O)cc2OC)cc1. The van der Waals surface area contributed by atoms with Crippen molar-refractivity contribution in [2.45, 2.75) is 19.8 Å². The summed E-state index contributed by atoms with van der Waals surface area (Å²) >= 11 is 6.74. The molecule has 0 aliphatic carbocycles. The van der Waals surface area contributed by atoms with Gasteiger partial charge in [0.1, 0.15) is 5.75 Å². The molecular formula is C28H27NO4S2. The van der Waals surface area contributed by atoms with E-state index in [-0.39, 0.29) is 5.91 Å². The first-order valence-electron chi connectivity index (χ1n) is 11.4. The van der Waals surface area contributed by atoms with Gasteiger partial charge < -0.3 is 14.2 Å². The summed E-state index contributed by atoms with van der Waals surface area (Å²) in [7, 11) is 1.60. The fourth-order valence-corrected chi connectivity index (χ4v) is 4.86. The Kier molecular flexibility index (Phi) is 8.45. The van der Waals surface area contributed by atoms with Gasteiger partial charge in [-0.3, -0.25) is 9.69 Å². The second-order valence-corrected chi connectivity index (χ2v) is 9.49. The number of ether oxygens (including phenoxy) is 3. The summed E-state index contributed by atoms with van der Waals surface area (Å²) in [5.41, 5.74) is 2.89. The number of rotatable bonds is 10. The second-order valence-electron chi connectivity index (χ2n) is 7.81. The number of carbonyl (C=O) groups is 1. The van der Waals surface area contributed by atoms with Gasteiger partial charge in [-0.25, -0.2) is 0 Å². The van der Waals surface area contributed by atoms with Crippen LogP contribution >= 0.6 is 24.0 Å². The van der Waals surface area contributed by atoms with Gasteiger partial charge in [0.15, 0.2) is 15.8 Å². The molecule has 0 bridgehead atoms. The first kappa shape index (κ1) is 24.8. The van der Waals surface area contributed by atoms with E-state index < -0.39 is 0 Å². The molecule has 0 atom stereocenters. The quantitative estimate of drug-likeness (QED) is 0.178. The molecule has 1 saturated heterocycles. The van der Waals surface area contributed by atoms with Crippen LogP contribution in [0.5, 0.6) is 17.2 Å². The van der Waals surface area contributed by atoms with E-state index in [2.05, 4.69) is 19.1 Å². The van der Waals surface area contributed by atoms with E-state index in [1.807, 2.05) is 66.7 Å². The lowest BCUT2D eigenvalue weighted by atomic mass is 10.1. The summed E-state index contributed by atoms with van der Waals surface area (Å²) in [6.07, 6.45) is 3.58. The van der Waals surface area contributed by atoms with Crippen molar-refractivity contribution in [2.75, 3.05) is 25.2 Å². The minimum Gasteiger partial charge on any atom is -0.493 e. The van der Waals surface area contributed by atoms with Gasteiger partial charge in [0.25, 0.3) is 5.91 Å². The zero-order valence-electron chi connectivity index (χ0n) is 19.7. The van der Waals surface area contributed by atoms with Gasteiger partial charge in [-0.1, -0.05) is 67.3 Å². The summed E-state index contributed by atoms with van der Waals surface area (Å²) in [5, 5.41) is 0. The molecule has 0 radical (unpaired) electrons. The average Bonchev–Trinajstić information content (AvgIpc) is 3.17. The number of nitrogens with zero attached hydrogens (tertiary/aromatic N) is 1. The van der Waals surface area contributed by atoms with E-state index >= 15 is 0 Å². The Morgan fingerprint density at radius 3 is 2.40 bits per heavy atom. The van der Waals surface area contributed by atoms with Crippen LogP contribution in [0.2, 0.25) is 0 Å². The molecule has 4 rings (SSSR count). The number of methoxy groups -OCH3 is 1. The third kappa shape index (κ3) is 6.24. The van der Waals surface area contributed by atoms with Crippen LogP contribution in [-0.2, 0) is 11.2 Å². The van der Waals surface area contributed by atoms with Gasteiger partial charge in [0, 0.05) is 6.42 Å². The van der Waals surface area contributed by atoms with Crippen molar-refractivity contribution in [1.82, 2.24) is 0 Å². The lowest BCUT2D eigenvalue weighted by Crippen LogP contribution is -2.27. The largest absolute Gasteiger partial charge is 0.493 e. The predicted molar refractivity (Wildman–Crippen MR) is 147 cm³/mol. The van der Waals surface area contributed by atoms with Gasteiger partial charge in [-0.15, -0.1) is 0 Å². The molecule has 0 spiro atoms. The molecule has 180 valence electrons. The number of carbonyl (C=O) groups excluding carboxylic acids is 1. The van der Waals surface area contributed by atoms with Crippen LogP contribution in [0.15, 0.2) is 77.7 Å². The standard InChI is InChI=1S/C28H27NO4S2/c1-3-20-10-13-23(14-11-20)32-16-7-17-33-24-15-12-21(18-25(24)31-2)19-26-27(30)29(28(34)35-26)22-8-5-4-6-9-22/h4-6,8-15,18-19H,3,7,16-17H2,1-2H3/b26-19+. The molecule has 0 N–H and O–H groups in total. The molecule has 3 aromatic carbocycles. The Hall–Kier alpha value is -3.29. The first-order valence-corrected chi connectivity index (χ1v) is 12.7. The average molecular weight is 506 g/mol. The Labute approximate surface area is 215 Å². The second kappa shape index (κ2) is 11.9. The predicted octanol–water partition coefficient (Wildman–Crippen LogP) is 6.51. The fraction of sp³-hybridized carbons (Fsp3) is 0.214. The molecule has 5 nitrogen and oxygen atoms in total. The van der Waals surface area contributed by atoms with Crippen LogP contribution in [0.25, 0.3) is 6.08 Å². The van der Waals surface area contributed by atoms with Crippen molar-refractivity contribution in [3.8, 4) is 17.2 Å². The molecule has 1 fully saturated rings. The highest BCUT2D eigenvalue weighted by atomic mass is 32.2. The van der Waals surface area contributed by atoms with Crippen molar-refractivity contribution in [3.63, 3.8) is 0 Å². The zero-order chi connectivity index (χ0) is 24.6. The van der Waals surface area contributed by atoms with Crippen LogP contribution in [-0.4, -0.2) is 30.6 Å². The van der Waals surface area contributed by atoms with Crippen molar-refractivity contribution < 1.29 is 19.0 Å². The number of thioether (sulfide) groups is 1. The van der Waals surface area contributed by atoms with E-state index in [0.29, 0.717) is 33.9 Å². The molecular weight excluding hydrogens is 478 g/mol. The number of anilines is 1. The fourth-order valence-electron chi connectivity index (χ4n) is 3.56. The summed E-state index contributed by atoms with van der Waals surface area (Å²) < 4.78 is 17.7. The number of hydrogen-bond donors (Lipinski definition) is 0. The maximum atomic E-state index is 13.0. The molecule has 35 heavy (non-hydrogen) atoms. The topological polar surface area (TPSA) is 48.0 Å². The number of para-hydroxylation sites is 1. The number of benzene rings is 3. The monoisotopic (exact) mass is 505 g/mol. The van der Waals surface area contributed by atoms with Gasteiger partial charge in [0.05, 0.1) is 30.9 Å². The normalized spacial score (nSPS) is 14.5. The van der Waals surface area contributed by atoms with Crippen molar-refractivity contribution in [2.24, 2.45) is 0 Å². The Bertz CT molecular complexity index is 1210. The third-order valence-electron chi connectivity index (χ3n) is 5.44. The molecule has 3 aromatic rings. The first-order chi connectivity index (χ1) is 17.1. The van der Waals surface area contributed by atoms with E-state index in [0.717, 1.165) is 29.8 Å². The van der Waals surface area contributed by atoms with Crippen LogP contribution in [0, 0.1) is 0 Å². The van der Waals surface area contributed by atoms with Gasteiger partial charge >= 0.3 is 0 Å². The number of hydrogen-bond acceptors (Lipinski definition) is 6. The van der Waals surface area contributed by atoms with Crippen LogP contribution in [0.4, 0.5) is 5.69 Å². The van der Waals surface area contributed by atoms with Gasteiger partial charge in [-0.05, 0) is 60.0 Å². The maximum absolute atomic E-state index is 13.0. The number of amides is 1. The van der Waals surface area contributed by atoms with Crippen molar-refractivity contribution >= 4 is 46.0 Å². The molecule has 0 saturated carbocycles. The van der Waals surface area contributed by atoms with E-state index in [1.165, 1.54) is 17.3 Å². The van der Waals surface area contributed by atoms with Crippen LogP contribution in [0.1, 0.15) is 24.5 Å². The molecule has 1 aliphatic heterocycles. The highest BCUT2D eigenvalue weighted by Gasteiger charge is 2.33. The van der Waals surface area contributed by atoms with Crippen molar-refractivity contribution in [3.05, 3.63) is 88.8 Å². The smallest absolute Gasteiger partial charge is 0.270 e. The molecule has 1 heterocycles. The van der Waals surface area contributed by atoms with E-state index in [4.69, 9.17) is 26.4 Å². The summed E-state index contributed by atoms with van der Waals surface area (Å²) in [6, 6.07) is 23.2. The highest BCUT2D eigenvalue weighted by molar-refractivity contribution is 8.27.